The molecule has 0 spiro atoms. The fourth-order valence-electron chi connectivity index (χ4n) is 2.63. The summed E-state index contributed by atoms with van der Waals surface area (Å²) in [5.74, 6) is 0.409. The van der Waals surface area contributed by atoms with Crippen molar-refractivity contribution in [1.29, 1.82) is 0 Å². The largest absolute Gasteiger partial charge is 0.444 e. The maximum Gasteiger partial charge on any atom is 0.408 e. The highest BCUT2D eigenvalue weighted by molar-refractivity contribution is 5.80. The molecular weight excluding hydrogens is 385 g/mol. The Morgan fingerprint density at radius 1 is 1.17 bits per heavy atom. The van der Waals surface area contributed by atoms with Crippen molar-refractivity contribution in [3.05, 3.63) is 35.1 Å². The second kappa shape index (κ2) is 11.2. The van der Waals surface area contributed by atoms with E-state index >= 15 is 0 Å². The summed E-state index contributed by atoms with van der Waals surface area (Å²) in [5, 5.41) is 9.29. The topological polar surface area (TPSA) is 78.0 Å². The number of carbonyl (C=O) groups is 1. The number of amides is 1. The molecule has 1 rings (SSSR count). The van der Waals surface area contributed by atoms with Crippen molar-refractivity contribution in [2.24, 2.45) is 4.99 Å². The summed E-state index contributed by atoms with van der Waals surface area (Å²) in [6.07, 6.45) is -0.462. The van der Waals surface area contributed by atoms with Gasteiger partial charge in [-0.15, -0.1) is 0 Å². The lowest BCUT2D eigenvalue weighted by Gasteiger charge is -2.29. The minimum absolute atomic E-state index is 0.212. The molecule has 0 aliphatic rings. The van der Waals surface area contributed by atoms with E-state index in [-0.39, 0.29) is 5.82 Å². The molecule has 7 nitrogen and oxygen atoms in total. The zero-order valence-electron chi connectivity index (χ0n) is 19.6. The molecule has 8 heteroatoms. The number of nitrogens with zero attached hydrogens (tertiary/aromatic N) is 2. The summed E-state index contributed by atoms with van der Waals surface area (Å²) in [4.78, 5) is 18.6. The van der Waals surface area contributed by atoms with Gasteiger partial charge in [-0.2, -0.15) is 0 Å². The van der Waals surface area contributed by atoms with Gasteiger partial charge < -0.3 is 25.6 Å². The monoisotopic (exact) mass is 423 g/mol. The molecule has 0 aliphatic heterocycles. The Balaban J connectivity index is 2.75. The van der Waals surface area contributed by atoms with E-state index < -0.39 is 17.2 Å². The number of rotatable bonds is 8. The van der Waals surface area contributed by atoms with Crippen LogP contribution in [0.5, 0.6) is 0 Å². The van der Waals surface area contributed by atoms with Crippen molar-refractivity contribution in [3.63, 3.8) is 0 Å². The molecule has 0 saturated heterocycles. The maximum absolute atomic E-state index is 14.0. The van der Waals surface area contributed by atoms with Gasteiger partial charge in [-0.3, -0.25) is 0 Å². The average Bonchev–Trinajstić information content (AvgIpc) is 2.57. The van der Waals surface area contributed by atoms with Crippen LogP contribution < -0.4 is 16.0 Å². The van der Waals surface area contributed by atoms with Crippen LogP contribution in [-0.2, 0) is 17.8 Å². The summed E-state index contributed by atoms with van der Waals surface area (Å²) in [6.45, 7) is 13.4. The number of nitrogens with one attached hydrogen (secondary N) is 3. The fraction of sp³-hybridized carbons (Fsp3) is 0.636. The Hall–Kier alpha value is -2.35. The van der Waals surface area contributed by atoms with Crippen molar-refractivity contribution in [3.8, 4) is 0 Å². The number of hydrogen-bond acceptors (Lipinski definition) is 4. The highest BCUT2D eigenvalue weighted by atomic mass is 19.1. The summed E-state index contributed by atoms with van der Waals surface area (Å²) in [6, 6.07) is 5.07. The van der Waals surface area contributed by atoms with Crippen LogP contribution >= 0.6 is 0 Å². The first-order chi connectivity index (χ1) is 13.8. The highest BCUT2D eigenvalue weighted by Crippen LogP contribution is 2.13. The number of benzene rings is 1. The van der Waals surface area contributed by atoms with Crippen LogP contribution in [0.25, 0.3) is 0 Å². The number of aliphatic imine (C=N–C) groups is 1. The predicted octanol–water partition coefficient (Wildman–Crippen LogP) is 3.25. The summed E-state index contributed by atoms with van der Waals surface area (Å²) in [7, 11) is 3.81. The second-order valence-corrected chi connectivity index (χ2v) is 9.22. The first-order valence-corrected chi connectivity index (χ1v) is 10.3. The molecule has 0 fully saturated rings. The molecule has 1 aromatic rings. The zero-order valence-corrected chi connectivity index (χ0v) is 19.6. The first kappa shape index (κ1) is 25.7. The van der Waals surface area contributed by atoms with Gasteiger partial charge in [0.25, 0.3) is 0 Å². The Morgan fingerprint density at radius 3 is 2.40 bits per heavy atom. The molecule has 170 valence electrons. The molecule has 0 saturated carbocycles. The average molecular weight is 424 g/mol. The van der Waals surface area contributed by atoms with Crippen LogP contribution in [0.15, 0.2) is 23.2 Å². The third-order valence-electron chi connectivity index (χ3n) is 3.90. The van der Waals surface area contributed by atoms with Crippen molar-refractivity contribution in [2.45, 2.75) is 65.8 Å². The Labute approximate surface area is 180 Å². The maximum atomic E-state index is 14.0. The van der Waals surface area contributed by atoms with Gasteiger partial charge in [0.1, 0.15) is 11.4 Å². The molecule has 1 aromatic carbocycles. The third-order valence-corrected chi connectivity index (χ3v) is 3.90. The second-order valence-electron chi connectivity index (χ2n) is 9.22. The van der Waals surface area contributed by atoms with Crippen molar-refractivity contribution >= 4 is 12.1 Å². The molecule has 0 aliphatic carbocycles. The molecule has 30 heavy (non-hydrogen) atoms. The number of halogens is 1. The van der Waals surface area contributed by atoms with E-state index in [4.69, 9.17) is 4.74 Å². The molecule has 0 bridgehead atoms. The minimum atomic E-state index is -0.551. The summed E-state index contributed by atoms with van der Waals surface area (Å²) < 4.78 is 19.3. The molecule has 0 aromatic heterocycles. The number of guanidine groups is 1. The van der Waals surface area contributed by atoms with Gasteiger partial charge in [0.2, 0.25) is 0 Å². The van der Waals surface area contributed by atoms with E-state index in [1.54, 1.807) is 6.07 Å². The van der Waals surface area contributed by atoms with E-state index in [2.05, 4.69) is 20.9 Å². The van der Waals surface area contributed by atoms with E-state index in [1.807, 2.05) is 66.6 Å². The van der Waals surface area contributed by atoms with Crippen LogP contribution in [0.4, 0.5) is 9.18 Å². The lowest BCUT2D eigenvalue weighted by Crippen LogP contribution is -2.54. The molecule has 3 N–H and O–H groups in total. The summed E-state index contributed by atoms with van der Waals surface area (Å²) >= 11 is 0. The molecular formula is C22H38FN5O2. The Morgan fingerprint density at radius 2 is 1.83 bits per heavy atom. The SMILES string of the molecule is CCNC(=NCc1ccc(F)c(CN(C)C)c1)NCC(C)(C)NC(=O)OC(C)(C)C. The van der Waals surface area contributed by atoms with E-state index in [1.165, 1.54) is 6.07 Å². The smallest absolute Gasteiger partial charge is 0.408 e. The van der Waals surface area contributed by atoms with Gasteiger partial charge in [-0.25, -0.2) is 14.2 Å². The summed E-state index contributed by atoms with van der Waals surface area (Å²) in [5.41, 5.74) is 0.475. The fourth-order valence-corrected chi connectivity index (χ4v) is 2.63. The quantitative estimate of drug-likeness (QED) is 0.442. The number of alkyl carbamates (subject to hydrolysis) is 1. The number of ether oxygens (including phenoxy) is 1. The molecule has 0 atom stereocenters. The van der Waals surface area contributed by atoms with Crippen LogP contribution in [0.1, 0.15) is 52.7 Å². The van der Waals surface area contributed by atoms with Crippen LogP contribution in [0, 0.1) is 5.82 Å². The van der Waals surface area contributed by atoms with Gasteiger partial charge >= 0.3 is 6.09 Å². The van der Waals surface area contributed by atoms with E-state index in [9.17, 15) is 9.18 Å². The lowest BCUT2D eigenvalue weighted by molar-refractivity contribution is 0.0474. The van der Waals surface area contributed by atoms with E-state index in [0.717, 1.165) is 5.56 Å². The van der Waals surface area contributed by atoms with Crippen molar-refractivity contribution < 1.29 is 13.9 Å². The van der Waals surface area contributed by atoms with Crippen molar-refractivity contribution in [2.75, 3.05) is 27.2 Å². The molecule has 0 heterocycles. The van der Waals surface area contributed by atoms with Gasteiger partial charge in [0.15, 0.2) is 5.96 Å². The molecule has 0 radical (unpaired) electrons. The standard InChI is InChI=1S/C22H38FN5O2/c1-9-24-19(26-15-22(5,6)27-20(29)30-21(2,3)4)25-13-16-10-11-18(23)17(12-16)14-28(7)8/h10-12H,9,13-15H2,1-8H3,(H,27,29)(H2,24,25,26). The van der Waals surface area contributed by atoms with Gasteiger partial charge in [-0.05, 0) is 73.3 Å². The van der Waals surface area contributed by atoms with Gasteiger partial charge in [-0.1, -0.05) is 6.07 Å². The number of hydrogen-bond donors (Lipinski definition) is 3. The zero-order chi connectivity index (χ0) is 22.9. The van der Waals surface area contributed by atoms with Crippen LogP contribution in [0.3, 0.4) is 0 Å². The minimum Gasteiger partial charge on any atom is -0.444 e. The third kappa shape index (κ3) is 10.4. The highest BCUT2D eigenvalue weighted by Gasteiger charge is 2.24. The Kier molecular flexibility index (Phi) is 9.55. The van der Waals surface area contributed by atoms with Gasteiger partial charge in [0, 0.05) is 25.2 Å². The Bertz CT molecular complexity index is 727. The van der Waals surface area contributed by atoms with Gasteiger partial charge in [0.05, 0.1) is 12.1 Å². The molecule has 0 unspecified atom stereocenters. The lowest BCUT2D eigenvalue weighted by atomic mass is 10.1. The number of carbonyl (C=O) groups excluding carboxylic acids is 1. The normalized spacial score (nSPS) is 12.7. The van der Waals surface area contributed by atoms with Crippen molar-refractivity contribution in [1.82, 2.24) is 20.9 Å². The predicted molar refractivity (Wildman–Crippen MR) is 120 cm³/mol. The molecule has 1 amide bonds. The van der Waals surface area contributed by atoms with Crippen LogP contribution in [0.2, 0.25) is 0 Å². The van der Waals surface area contributed by atoms with E-state index in [0.29, 0.717) is 37.7 Å². The van der Waals surface area contributed by atoms with Crippen LogP contribution in [-0.4, -0.2) is 55.3 Å². The first-order valence-electron chi connectivity index (χ1n) is 10.3.